The van der Waals surface area contributed by atoms with E-state index in [1.54, 1.807) is 11.0 Å². The van der Waals surface area contributed by atoms with Gasteiger partial charge in [-0.15, -0.1) is 0 Å². The van der Waals surface area contributed by atoms with Crippen LogP contribution in [0.3, 0.4) is 0 Å². The van der Waals surface area contributed by atoms with E-state index >= 15 is 0 Å². The molecule has 0 aliphatic carbocycles. The van der Waals surface area contributed by atoms with Crippen molar-refractivity contribution in [1.29, 1.82) is 0 Å². The molecule has 2 aromatic carbocycles. The van der Waals surface area contributed by atoms with Crippen molar-refractivity contribution in [3.63, 3.8) is 0 Å². The van der Waals surface area contributed by atoms with Crippen LogP contribution >= 0.6 is 11.6 Å². The first-order valence-corrected chi connectivity index (χ1v) is 11.0. The third-order valence-electron chi connectivity index (χ3n) is 4.91. The number of nitrogens with zero attached hydrogens (tertiary/aromatic N) is 3. The Hall–Kier alpha value is -2.29. The lowest BCUT2D eigenvalue weighted by Crippen LogP contribution is -2.48. The Balaban J connectivity index is 1.78. The average molecular weight is 438 g/mol. The van der Waals surface area contributed by atoms with E-state index in [1.165, 1.54) is 33.3 Å². The molecule has 0 radical (unpaired) electrons. The molecule has 1 amide bonds. The van der Waals surface area contributed by atoms with Crippen molar-refractivity contribution in [2.45, 2.75) is 4.90 Å². The van der Waals surface area contributed by atoms with E-state index in [9.17, 15) is 13.2 Å². The molecular formula is C20H24ClN3O4S. The molecule has 3 rings (SSSR count). The third-order valence-corrected chi connectivity index (χ3v) is 6.98. The zero-order valence-corrected chi connectivity index (χ0v) is 18.2. The summed E-state index contributed by atoms with van der Waals surface area (Å²) in [5.74, 6) is 0.00892. The maximum absolute atomic E-state index is 13.0. The molecule has 2 aromatic rings. The van der Waals surface area contributed by atoms with Crippen LogP contribution in [0.15, 0.2) is 47.4 Å². The Labute approximate surface area is 176 Å². The van der Waals surface area contributed by atoms with Gasteiger partial charge in [-0.05, 0) is 36.4 Å². The van der Waals surface area contributed by atoms with Crippen LogP contribution in [0.2, 0.25) is 5.02 Å². The molecule has 7 nitrogen and oxygen atoms in total. The van der Waals surface area contributed by atoms with E-state index in [2.05, 4.69) is 4.90 Å². The van der Waals surface area contributed by atoms with Gasteiger partial charge in [0.1, 0.15) is 10.6 Å². The first-order chi connectivity index (χ1) is 13.7. The van der Waals surface area contributed by atoms with E-state index in [-0.39, 0.29) is 16.6 Å². The van der Waals surface area contributed by atoms with Gasteiger partial charge in [-0.2, -0.15) is 0 Å². The number of carbonyl (C=O) groups excluding carboxylic acids is 1. The monoisotopic (exact) mass is 437 g/mol. The van der Waals surface area contributed by atoms with Crippen molar-refractivity contribution in [3.05, 3.63) is 53.1 Å². The summed E-state index contributed by atoms with van der Waals surface area (Å²) in [5, 5.41) is 0.675. The van der Waals surface area contributed by atoms with E-state index in [1.807, 2.05) is 24.3 Å². The summed E-state index contributed by atoms with van der Waals surface area (Å²) in [6.07, 6.45) is 0. The standard InChI is InChI=1S/C20H24ClN3O4S/c1-22(2)29(26,27)19-13-15(7-8-18(19)28-3)20(25)24-11-9-23(10-12-24)17-6-4-5-16(21)14-17/h4-8,13-14H,9-12H2,1-3H3. The van der Waals surface area contributed by atoms with Gasteiger partial charge in [-0.25, -0.2) is 12.7 Å². The first kappa shape index (κ1) is 21.4. The van der Waals surface area contributed by atoms with E-state index in [0.717, 1.165) is 9.99 Å². The number of hydrogen-bond donors (Lipinski definition) is 0. The summed E-state index contributed by atoms with van der Waals surface area (Å²) >= 11 is 6.07. The quantitative estimate of drug-likeness (QED) is 0.719. The Bertz CT molecular complexity index is 1000. The number of piperazine rings is 1. The molecule has 9 heteroatoms. The molecule has 0 unspecified atom stereocenters. The number of rotatable bonds is 5. The molecule has 0 aromatic heterocycles. The maximum Gasteiger partial charge on any atom is 0.254 e. The first-order valence-electron chi connectivity index (χ1n) is 9.14. The van der Waals surface area contributed by atoms with Gasteiger partial charge in [0.05, 0.1) is 7.11 Å². The molecular weight excluding hydrogens is 414 g/mol. The lowest BCUT2D eigenvalue weighted by atomic mass is 10.1. The van der Waals surface area contributed by atoms with Crippen LogP contribution in [0.5, 0.6) is 5.75 Å². The van der Waals surface area contributed by atoms with Crippen molar-refractivity contribution in [3.8, 4) is 5.75 Å². The summed E-state index contributed by atoms with van der Waals surface area (Å²) in [6.45, 7) is 2.41. The number of sulfonamides is 1. The van der Waals surface area contributed by atoms with Crippen LogP contribution in [-0.4, -0.2) is 70.9 Å². The Morgan fingerprint density at radius 3 is 2.34 bits per heavy atom. The van der Waals surface area contributed by atoms with Crippen LogP contribution < -0.4 is 9.64 Å². The highest BCUT2D eigenvalue weighted by Gasteiger charge is 2.27. The molecule has 0 bridgehead atoms. The summed E-state index contributed by atoms with van der Waals surface area (Å²) < 4.78 is 31.5. The molecule has 1 aliphatic rings. The number of amides is 1. The molecule has 0 spiro atoms. The number of anilines is 1. The summed E-state index contributed by atoms with van der Waals surface area (Å²) in [4.78, 5) is 16.9. The van der Waals surface area contributed by atoms with Gasteiger partial charge in [0.25, 0.3) is 5.91 Å². The third kappa shape index (κ3) is 4.49. The molecule has 1 saturated heterocycles. The van der Waals surface area contributed by atoms with Gasteiger partial charge in [0.15, 0.2) is 0 Å². The minimum atomic E-state index is -3.74. The molecule has 156 valence electrons. The van der Waals surface area contributed by atoms with Gasteiger partial charge in [0, 0.05) is 56.5 Å². The fourth-order valence-electron chi connectivity index (χ4n) is 3.23. The molecule has 1 aliphatic heterocycles. The molecule has 29 heavy (non-hydrogen) atoms. The van der Waals surface area contributed by atoms with Gasteiger partial charge >= 0.3 is 0 Å². The molecule has 1 fully saturated rings. The fraction of sp³-hybridized carbons (Fsp3) is 0.350. The minimum Gasteiger partial charge on any atom is -0.495 e. The fourth-order valence-corrected chi connectivity index (χ4v) is 4.49. The molecule has 0 atom stereocenters. The van der Waals surface area contributed by atoms with Crippen LogP contribution in [0.1, 0.15) is 10.4 Å². The second-order valence-corrected chi connectivity index (χ2v) is 9.47. The van der Waals surface area contributed by atoms with Crippen LogP contribution in [-0.2, 0) is 10.0 Å². The average Bonchev–Trinajstić information content (AvgIpc) is 2.72. The second kappa shape index (κ2) is 8.61. The number of benzene rings is 2. The predicted octanol–water partition coefficient (Wildman–Crippen LogP) is 2.56. The van der Waals surface area contributed by atoms with Crippen molar-refractivity contribution in [2.24, 2.45) is 0 Å². The van der Waals surface area contributed by atoms with Crippen LogP contribution in [0.4, 0.5) is 5.69 Å². The molecule has 1 heterocycles. The minimum absolute atomic E-state index is 0.0200. The SMILES string of the molecule is COc1ccc(C(=O)N2CCN(c3cccc(Cl)c3)CC2)cc1S(=O)(=O)N(C)C. The molecule has 0 saturated carbocycles. The zero-order valence-electron chi connectivity index (χ0n) is 16.6. The maximum atomic E-state index is 13.0. The van der Waals surface area contributed by atoms with Crippen LogP contribution in [0, 0.1) is 0 Å². The topological polar surface area (TPSA) is 70.2 Å². The largest absolute Gasteiger partial charge is 0.495 e. The Morgan fingerprint density at radius 2 is 1.76 bits per heavy atom. The summed E-state index contributed by atoms with van der Waals surface area (Å²) in [7, 11) is 0.550. The number of halogens is 1. The highest BCUT2D eigenvalue weighted by atomic mass is 35.5. The van der Waals surface area contributed by atoms with Crippen LogP contribution in [0.25, 0.3) is 0 Å². The van der Waals surface area contributed by atoms with Gasteiger partial charge < -0.3 is 14.5 Å². The summed E-state index contributed by atoms with van der Waals surface area (Å²) in [6, 6.07) is 12.1. The summed E-state index contributed by atoms with van der Waals surface area (Å²) in [5.41, 5.74) is 1.34. The van der Waals surface area contributed by atoms with Crippen molar-refractivity contribution in [2.75, 3.05) is 52.3 Å². The molecule has 0 N–H and O–H groups in total. The highest BCUT2D eigenvalue weighted by molar-refractivity contribution is 7.89. The zero-order chi connectivity index (χ0) is 21.2. The van der Waals surface area contributed by atoms with Crippen molar-refractivity contribution in [1.82, 2.24) is 9.21 Å². The van der Waals surface area contributed by atoms with Crippen molar-refractivity contribution < 1.29 is 17.9 Å². The predicted molar refractivity (Wildman–Crippen MR) is 113 cm³/mol. The smallest absolute Gasteiger partial charge is 0.254 e. The van der Waals surface area contributed by atoms with Gasteiger partial charge in [-0.3, -0.25) is 4.79 Å². The van der Waals surface area contributed by atoms with E-state index in [4.69, 9.17) is 16.3 Å². The van der Waals surface area contributed by atoms with Crippen molar-refractivity contribution >= 4 is 33.2 Å². The second-order valence-electron chi connectivity index (χ2n) is 6.91. The van der Waals surface area contributed by atoms with Gasteiger partial charge in [-0.1, -0.05) is 17.7 Å². The highest BCUT2D eigenvalue weighted by Crippen LogP contribution is 2.28. The number of ether oxygens (including phenoxy) is 1. The van der Waals surface area contributed by atoms with E-state index in [0.29, 0.717) is 36.8 Å². The Morgan fingerprint density at radius 1 is 1.07 bits per heavy atom. The normalized spacial score (nSPS) is 14.9. The number of methoxy groups -OCH3 is 1. The number of hydrogen-bond acceptors (Lipinski definition) is 5. The lowest BCUT2D eigenvalue weighted by molar-refractivity contribution is 0.0746. The lowest BCUT2D eigenvalue weighted by Gasteiger charge is -2.36. The number of carbonyl (C=O) groups is 1. The van der Waals surface area contributed by atoms with Gasteiger partial charge in [0.2, 0.25) is 10.0 Å². The Kier molecular flexibility index (Phi) is 6.36. The van der Waals surface area contributed by atoms with E-state index < -0.39 is 10.0 Å².